The number of benzene rings is 2. The number of amides is 1. The maximum atomic E-state index is 12.4. The monoisotopic (exact) mass is 436 g/mol. The molecule has 0 aliphatic heterocycles. The zero-order chi connectivity index (χ0) is 21.9. The molecule has 2 aromatic carbocycles. The average Bonchev–Trinajstić information content (AvgIpc) is 3.18. The molecule has 0 saturated carbocycles. The predicted octanol–water partition coefficient (Wildman–Crippen LogP) is 5.12. The first-order valence-electron chi connectivity index (χ1n) is 10.4. The molecule has 7 heteroatoms. The van der Waals surface area contributed by atoms with Crippen molar-refractivity contribution >= 4 is 23.4 Å². The standard InChI is InChI=1S/C24H28N4O2S/c1-3-5-9-19-12-14-20(15-13-19)25-23(29)18-31-24-27-26-22(28(24)16-4-2)17-30-21-10-7-6-8-11-21/h4,6-8,10-15H,2-3,5,9,16-18H2,1H3,(H,25,29). The minimum atomic E-state index is -0.0819. The van der Waals surface area contributed by atoms with E-state index in [1.807, 2.05) is 47.0 Å². The number of ether oxygens (including phenoxy) is 1. The SMILES string of the molecule is C=CCn1c(COc2ccccc2)nnc1SCC(=O)Nc1ccc(CCCC)cc1. The molecule has 0 unspecified atom stereocenters. The number of rotatable bonds is 12. The van der Waals surface area contributed by atoms with E-state index in [0.29, 0.717) is 24.1 Å². The van der Waals surface area contributed by atoms with Crippen molar-refractivity contribution < 1.29 is 9.53 Å². The predicted molar refractivity (Wildman–Crippen MR) is 125 cm³/mol. The Morgan fingerprint density at radius 1 is 1.16 bits per heavy atom. The van der Waals surface area contributed by atoms with Crippen LogP contribution in [0.1, 0.15) is 31.2 Å². The van der Waals surface area contributed by atoms with E-state index < -0.39 is 0 Å². The molecule has 1 aromatic heterocycles. The summed E-state index contributed by atoms with van der Waals surface area (Å²) in [6.07, 6.45) is 5.19. The van der Waals surface area contributed by atoms with Crippen LogP contribution in [0.2, 0.25) is 0 Å². The zero-order valence-corrected chi connectivity index (χ0v) is 18.6. The number of nitrogens with zero attached hydrogens (tertiary/aromatic N) is 3. The van der Waals surface area contributed by atoms with Gasteiger partial charge in [0.05, 0.1) is 5.75 Å². The maximum absolute atomic E-state index is 12.4. The molecule has 0 atom stereocenters. The van der Waals surface area contributed by atoms with Gasteiger partial charge >= 0.3 is 0 Å². The number of allylic oxidation sites excluding steroid dienone is 1. The van der Waals surface area contributed by atoms with Gasteiger partial charge in [0.25, 0.3) is 0 Å². The third-order valence-corrected chi connectivity index (χ3v) is 5.57. The summed E-state index contributed by atoms with van der Waals surface area (Å²) in [5.41, 5.74) is 2.09. The fourth-order valence-electron chi connectivity index (χ4n) is 2.97. The Balaban J connectivity index is 1.54. The summed E-state index contributed by atoms with van der Waals surface area (Å²) in [5, 5.41) is 12.1. The first-order valence-corrected chi connectivity index (χ1v) is 11.4. The van der Waals surface area contributed by atoms with Crippen molar-refractivity contribution in [2.24, 2.45) is 0 Å². The normalized spacial score (nSPS) is 10.6. The zero-order valence-electron chi connectivity index (χ0n) is 17.8. The van der Waals surface area contributed by atoms with Crippen LogP contribution < -0.4 is 10.1 Å². The van der Waals surface area contributed by atoms with Crippen molar-refractivity contribution in [1.29, 1.82) is 0 Å². The van der Waals surface area contributed by atoms with Crippen LogP contribution in [-0.2, 0) is 24.4 Å². The molecule has 6 nitrogen and oxygen atoms in total. The van der Waals surface area contributed by atoms with Gasteiger partial charge in [0.1, 0.15) is 12.4 Å². The van der Waals surface area contributed by atoms with Crippen molar-refractivity contribution in [1.82, 2.24) is 14.8 Å². The van der Waals surface area contributed by atoms with E-state index in [-0.39, 0.29) is 11.7 Å². The van der Waals surface area contributed by atoms with E-state index in [1.165, 1.54) is 30.2 Å². The topological polar surface area (TPSA) is 69.0 Å². The molecule has 0 spiro atoms. The number of para-hydroxylation sites is 1. The van der Waals surface area contributed by atoms with Gasteiger partial charge in [-0.15, -0.1) is 16.8 Å². The van der Waals surface area contributed by atoms with E-state index in [2.05, 4.69) is 41.1 Å². The summed E-state index contributed by atoms with van der Waals surface area (Å²) in [7, 11) is 0. The molecule has 0 bridgehead atoms. The fourth-order valence-corrected chi connectivity index (χ4v) is 3.74. The Labute approximate surface area is 187 Å². The number of thioether (sulfide) groups is 1. The van der Waals surface area contributed by atoms with Gasteiger partial charge in [-0.3, -0.25) is 9.36 Å². The Morgan fingerprint density at radius 3 is 2.65 bits per heavy atom. The van der Waals surface area contributed by atoms with Crippen LogP contribution in [0, 0.1) is 0 Å². The maximum Gasteiger partial charge on any atom is 0.234 e. The van der Waals surface area contributed by atoms with Crippen LogP contribution >= 0.6 is 11.8 Å². The third-order valence-electron chi connectivity index (χ3n) is 4.61. The van der Waals surface area contributed by atoms with Gasteiger partial charge in [0.15, 0.2) is 11.0 Å². The van der Waals surface area contributed by atoms with Gasteiger partial charge in [-0.05, 0) is 42.7 Å². The van der Waals surface area contributed by atoms with E-state index in [4.69, 9.17) is 4.74 Å². The summed E-state index contributed by atoms with van der Waals surface area (Å²) in [4.78, 5) is 12.4. The molecule has 0 aliphatic rings. The molecule has 0 saturated heterocycles. The summed E-state index contributed by atoms with van der Waals surface area (Å²) >= 11 is 1.35. The Morgan fingerprint density at radius 2 is 1.94 bits per heavy atom. The first-order chi connectivity index (χ1) is 15.2. The minimum Gasteiger partial charge on any atom is -0.486 e. The molecule has 3 rings (SSSR count). The lowest BCUT2D eigenvalue weighted by atomic mass is 10.1. The van der Waals surface area contributed by atoms with Crippen LogP contribution in [0.5, 0.6) is 5.75 Å². The number of unbranched alkanes of at least 4 members (excludes halogenated alkanes) is 1. The third kappa shape index (κ3) is 7.00. The Kier molecular flexibility index (Phi) is 8.72. The minimum absolute atomic E-state index is 0.0819. The second-order valence-electron chi connectivity index (χ2n) is 7.04. The number of aryl methyl sites for hydroxylation is 1. The van der Waals surface area contributed by atoms with Crippen molar-refractivity contribution in [3.63, 3.8) is 0 Å². The van der Waals surface area contributed by atoms with Crippen molar-refractivity contribution in [3.05, 3.63) is 78.6 Å². The van der Waals surface area contributed by atoms with Gasteiger partial charge in [-0.2, -0.15) is 0 Å². The van der Waals surface area contributed by atoms with Gasteiger partial charge in [-0.1, -0.05) is 61.5 Å². The molecule has 162 valence electrons. The molecule has 1 heterocycles. The van der Waals surface area contributed by atoms with E-state index in [1.54, 1.807) is 6.08 Å². The summed E-state index contributed by atoms with van der Waals surface area (Å²) in [6.45, 7) is 6.83. The lowest BCUT2D eigenvalue weighted by Gasteiger charge is -2.09. The van der Waals surface area contributed by atoms with Gasteiger partial charge in [-0.25, -0.2) is 0 Å². The molecule has 31 heavy (non-hydrogen) atoms. The molecular weight excluding hydrogens is 408 g/mol. The highest BCUT2D eigenvalue weighted by molar-refractivity contribution is 7.99. The van der Waals surface area contributed by atoms with E-state index >= 15 is 0 Å². The number of hydrogen-bond donors (Lipinski definition) is 1. The molecule has 1 amide bonds. The van der Waals surface area contributed by atoms with Crippen LogP contribution in [0.3, 0.4) is 0 Å². The first kappa shape index (κ1) is 22.6. The largest absolute Gasteiger partial charge is 0.486 e. The molecule has 3 aromatic rings. The Hall–Kier alpha value is -3.06. The second-order valence-corrected chi connectivity index (χ2v) is 7.98. The number of carbonyl (C=O) groups excluding carboxylic acids is 1. The molecular formula is C24H28N4O2S. The number of nitrogens with one attached hydrogen (secondary N) is 1. The quantitative estimate of drug-likeness (QED) is 0.315. The van der Waals surface area contributed by atoms with Crippen LogP contribution in [-0.4, -0.2) is 26.4 Å². The number of aromatic nitrogens is 3. The molecule has 0 fully saturated rings. The number of anilines is 1. The van der Waals surface area contributed by atoms with Gasteiger partial charge < -0.3 is 10.1 Å². The average molecular weight is 437 g/mol. The smallest absolute Gasteiger partial charge is 0.234 e. The van der Waals surface area contributed by atoms with Crippen LogP contribution in [0.25, 0.3) is 0 Å². The highest BCUT2D eigenvalue weighted by atomic mass is 32.2. The summed E-state index contributed by atoms with van der Waals surface area (Å²) < 4.78 is 7.70. The fraction of sp³-hybridized carbons (Fsp3) is 0.292. The lowest BCUT2D eigenvalue weighted by molar-refractivity contribution is -0.113. The summed E-state index contributed by atoms with van der Waals surface area (Å²) in [5.74, 6) is 1.62. The van der Waals surface area contributed by atoms with Gasteiger partial charge in [0.2, 0.25) is 5.91 Å². The molecule has 1 N–H and O–H groups in total. The number of hydrogen-bond acceptors (Lipinski definition) is 5. The van der Waals surface area contributed by atoms with E-state index in [9.17, 15) is 4.79 Å². The van der Waals surface area contributed by atoms with Crippen molar-refractivity contribution in [3.8, 4) is 5.75 Å². The lowest BCUT2D eigenvalue weighted by Crippen LogP contribution is -2.15. The van der Waals surface area contributed by atoms with Crippen molar-refractivity contribution in [2.45, 2.75) is 44.5 Å². The number of carbonyl (C=O) groups is 1. The highest BCUT2D eigenvalue weighted by Crippen LogP contribution is 2.20. The van der Waals surface area contributed by atoms with Crippen molar-refractivity contribution in [2.75, 3.05) is 11.1 Å². The highest BCUT2D eigenvalue weighted by Gasteiger charge is 2.14. The van der Waals surface area contributed by atoms with Gasteiger partial charge in [0, 0.05) is 12.2 Å². The van der Waals surface area contributed by atoms with Crippen LogP contribution in [0.15, 0.2) is 72.4 Å². The van der Waals surface area contributed by atoms with Crippen LogP contribution in [0.4, 0.5) is 5.69 Å². The Bertz CT molecular complexity index is 971. The molecule has 0 aliphatic carbocycles. The van der Waals surface area contributed by atoms with E-state index in [0.717, 1.165) is 17.9 Å². The molecule has 0 radical (unpaired) electrons. The summed E-state index contributed by atoms with van der Waals surface area (Å²) in [6, 6.07) is 17.6. The second kappa shape index (κ2) is 12.0.